The monoisotopic (exact) mass is 444 g/mol. The number of carbonyl (C=O) groups excluding carboxylic acids is 1. The summed E-state index contributed by atoms with van der Waals surface area (Å²) in [5.41, 5.74) is 3.59. The molecule has 162 valence electrons. The number of thiophene rings is 1. The summed E-state index contributed by atoms with van der Waals surface area (Å²) in [4.78, 5) is 24.5. The van der Waals surface area contributed by atoms with Gasteiger partial charge in [-0.3, -0.25) is 9.78 Å². The molecule has 0 bridgehead atoms. The van der Waals surface area contributed by atoms with E-state index in [1.807, 2.05) is 29.8 Å². The highest BCUT2D eigenvalue weighted by atomic mass is 32.1. The van der Waals surface area contributed by atoms with Gasteiger partial charge in [-0.25, -0.2) is 4.98 Å². The Labute approximate surface area is 188 Å². The molecule has 3 aromatic rings. The van der Waals surface area contributed by atoms with Crippen molar-refractivity contribution < 1.29 is 7.65 Å². The van der Waals surface area contributed by atoms with E-state index in [0.717, 1.165) is 60.2 Å². The quantitative estimate of drug-likeness (QED) is 0.487. The fourth-order valence-corrected chi connectivity index (χ4v) is 7.09. The SMILES string of the molecule is O=C(CCCCC1CCNC1)Cc1sc2c(c1-c1nc3cnccc3s1)CCNC2.[HH].[HH]. The summed E-state index contributed by atoms with van der Waals surface area (Å²) >= 11 is 3.54. The van der Waals surface area contributed by atoms with E-state index in [2.05, 4.69) is 15.6 Å². The van der Waals surface area contributed by atoms with Crippen LogP contribution in [-0.4, -0.2) is 35.4 Å². The zero-order chi connectivity index (χ0) is 20.3. The van der Waals surface area contributed by atoms with Gasteiger partial charge in [-0.1, -0.05) is 6.42 Å². The molecule has 0 saturated carbocycles. The molecule has 7 heteroatoms. The fourth-order valence-electron chi connectivity index (χ4n) is 4.63. The minimum absolute atomic E-state index is 0. The Kier molecular flexibility index (Phi) is 6.22. The Bertz CT molecular complexity index is 1010. The third kappa shape index (κ3) is 4.35. The summed E-state index contributed by atoms with van der Waals surface area (Å²) in [6, 6.07) is 2.03. The molecule has 1 saturated heterocycles. The van der Waals surface area contributed by atoms with E-state index in [1.165, 1.54) is 40.1 Å². The Morgan fingerprint density at radius 2 is 2.20 bits per heavy atom. The number of nitrogens with one attached hydrogen (secondary N) is 2. The predicted octanol–water partition coefficient (Wildman–Crippen LogP) is 4.84. The molecule has 0 spiro atoms. The number of fused-ring (bicyclic) bond motifs is 2. The van der Waals surface area contributed by atoms with Crippen molar-refractivity contribution in [3.05, 3.63) is 33.8 Å². The first-order chi connectivity index (χ1) is 14.8. The average molecular weight is 445 g/mol. The molecular formula is C23H32N4OS2. The number of Topliss-reactive ketones (excluding diaryl/α,β-unsaturated/α-hetero) is 1. The molecule has 1 atom stereocenters. The van der Waals surface area contributed by atoms with Gasteiger partial charge in [0.25, 0.3) is 0 Å². The number of carbonyl (C=O) groups is 1. The lowest BCUT2D eigenvalue weighted by atomic mass is 9.98. The summed E-state index contributed by atoms with van der Waals surface area (Å²) < 4.78 is 1.16. The summed E-state index contributed by atoms with van der Waals surface area (Å²) in [5.74, 6) is 1.19. The maximum absolute atomic E-state index is 12.8. The van der Waals surface area contributed by atoms with E-state index in [4.69, 9.17) is 4.98 Å². The molecule has 1 fully saturated rings. The van der Waals surface area contributed by atoms with Crippen LogP contribution >= 0.6 is 22.7 Å². The molecule has 5 nitrogen and oxygen atoms in total. The lowest BCUT2D eigenvalue weighted by Crippen LogP contribution is -2.22. The third-order valence-electron chi connectivity index (χ3n) is 6.24. The van der Waals surface area contributed by atoms with Gasteiger partial charge in [0.15, 0.2) is 0 Å². The highest BCUT2D eigenvalue weighted by Crippen LogP contribution is 2.41. The number of aromatic nitrogens is 2. The Morgan fingerprint density at radius 1 is 1.23 bits per heavy atom. The normalized spacial score (nSPS) is 18.7. The van der Waals surface area contributed by atoms with Crippen molar-refractivity contribution in [2.24, 2.45) is 5.92 Å². The van der Waals surface area contributed by atoms with Crippen LogP contribution in [0.3, 0.4) is 0 Å². The smallest absolute Gasteiger partial charge is 0.138 e. The van der Waals surface area contributed by atoms with Crippen molar-refractivity contribution in [2.45, 2.75) is 51.5 Å². The van der Waals surface area contributed by atoms with E-state index < -0.39 is 0 Å². The van der Waals surface area contributed by atoms with Crippen LogP contribution in [0.1, 0.15) is 50.3 Å². The van der Waals surface area contributed by atoms with Crippen molar-refractivity contribution in [3.8, 4) is 10.6 Å². The minimum Gasteiger partial charge on any atom is -0.316 e. The highest BCUT2D eigenvalue weighted by Gasteiger charge is 2.25. The standard InChI is InChI=1S/C23H28N4OS2.2H2/c28-16(4-2-1-3-15-5-8-24-12-15)11-20-22(17-6-9-26-14-21(17)29-20)23-27-18-13-25-10-7-19(18)30-23;;/h7,10,13,15,24,26H,1-6,8-9,11-12,14H2;2*1H. The molecule has 2 N–H and O–H groups in total. The van der Waals surface area contributed by atoms with Gasteiger partial charge in [0.1, 0.15) is 16.3 Å². The van der Waals surface area contributed by atoms with E-state index in [1.54, 1.807) is 11.3 Å². The van der Waals surface area contributed by atoms with Crippen molar-refractivity contribution >= 4 is 38.7 Å². The topological polar surface area (TPSA) is 66.9 Å². The molecule has 2 aliphatic heterocycles. The van der Waals surface area contributed by atoms with Crippen LogP contribution in [0, 0.1) is 5.92 Å². The zero-order valence-electron chi connectivity index (χ0n) is 17.2. The zero-order valence-corrected chi connectivity index (χ0v) is 18.8. The van der Waals surface area contributed by atoms with Crippen molar-refractivity contribution in [1.82, 2.24) is 20.6 Å². The molecule has 1 unspecified atom stereocenters. The number of thiazole rings is 1. The van der Waals surface area contributed by atoms with Gasteiger partial charge >= 0.3 is 0 Å². The lowest BCUT2D eigenvalue weighted by molar-refractivity contribution is -0.118. The van der Waals surface area contributed by atoms with Gasteiger partial charge in [-0.2, -0.15) is 0 Å². The number of unbranched alkanes of at least 4 members (excludes halogenated alkanes) is 1. The molecule has 2 aliphatic rings. The van der Waals surface area contributed by atoms with Gasteiger partial charge in [0, 0.05) is 43.8 Å². The molecule has 0 aromatic carbocycles. The number of hydrogen-bond acceptors (Lipinski definition) is 7. The Morgan fingerprint density at radius 3 is 3.07 bits per heavy atom. The molecule has 5 rings (SSSR count). The second-order valence-electron chi connectivity index (χ2n) is 8.41. The molecule has 0 amide bonds. The van der Waals surface area contributed by atoms with E-state index in [0.29, 0.717) is 18.6 Å². The maximum Gasteiger partial charge on any atom is 0.138 e. The number of ketones is 1. The summed E-state index contributed by atoms with van der Waals surface area (Å²) in [5, 5.41) is 7.95. The second kappa shape index (κ2) is 9.22. The minimum atomic E-state index is 0. The first kappa shape index (κ1) is 20.2. The van der Waals surface area contributed by atoms with Crippen molar-refractivity contribution in [1.29, 1.82) is 0 Å². The van der Waals surface area contributed by atoms with Gasteiger partial charge in [0.2, 0.25) is 0 Å². The van der Waals surface area contributed by atoms with Crippen LogP contribution in [0.2, 0.25) is 0 Å². The predicted molar refractivity (Wildman–Crippen MR) is 129 cm³/mol. The van der Waals surface area contributed by atoms with Crippen LogP contribution in [0.25, 0.3) is 20.8 Å². The molecule has 5 heterocycles. The summed E-state index contributed by atoms with van der Waals surface area (Å²) in [7, 11) is 0. The molecule has 0 aliphatic carbocycles. The van der Waals surface area contributed by atoms with Crippen LogP contribution in [0.15, 0.2) is 18.5 Å². The summed E-state index contributed by atoms with van der Waals surface area (Å²) in [6.07, 6.45) is 10.7. The van der Waals surface area contributed by atoms with Crippen LogP contribution in [-0.2, 0) is 24.2 Å². The van der Waals surface area contributed by atoms with E-state index in [-0.39, 0.29) is 2.85 Å². The largest absolute Gasteiger partial charge is 0.316 e. The molecule has 3 aromatic heterocycles. The van der Waals surface area contributed by atoms with Gasteiger partial charge in [-0.05, 0) is 62.9 Å². The molecule has 0 radical (unpaired) electrons. The second-order valence-corrected chi connectivity index (χ2v) is 10.6. The van der Waals surface area contributed by atoms with Crippen molar-refractivity contribution in [3.63, 3.8) is 0 Å². The Balaban J connectivity index is 0.00000144. The summed E-state index contributed by atoms with van der Waals surface area (Å²) in [6.45, 7) is 4.21. The lowest BCUT2D eigenvalue weighted by Gasteiger charge is -2.13. The van der Waals surface area contributed by atoms with Crippen LogP contribution in [0.5, 0.6) is 0 Å². The highest BCUT2D eigenvalue weighted by molar-refractivity contribution is 7.22. The van der Waals surface area contributed by atoms with Crippen molar-refractivity contribution in [2.75, 3.05) is 19.6 Å². The van der Waals surface area contributed by atoms with Crippen LogP contribution in [0.4, 0.5) is 0 Å². The number of hydrogen-bond donors (Lipinski definition) is 2. The average Bonchev–Trinajstić information content (AvgIpc) is 3.48. The van der Waals surface area contributed by atoms with Crippen LogP contribution < -0.4 is 10.6 Å². The first-order valence-corrected chi connectivity index (χ1v) is 12.7. The number of pyridine rings is 1. The van der Waals surface area contributed by atoms with Gasteiger partial charge in [-0.15, -0.1) is 22.7 Å². The van der Waals surface area contributed by atoms with Gasteiger partial charge < -0.3 is 10.6 Å². The molecule has 30 heavy (non-hydrogen) atoms. The first-order valence-electron chi connectivity index (χ1n) is 11.1. The Hall–Kier alpha value is -1.67. The maximum atomic E-state index is 12.8. The molecular weight excluding hydrogens is 412 g/mol. The van der Waals surface area contributed by atoms with Gasteiger partial charge in [0.05, 0.1) is 10.9 Å². The third-order valence-corrected chi connectivity index (χ3v) is 8.53. The fraction of sp³-hybridized carbons (Fsp3) is 0.522. The van der Waals surface area contributed by atoms with E-state index in [9.17, 15) is 4.79 Å². The number of rotatable bonds is 8. The van der Waals surface area contributed by atoms with E-state index >= 15 is 0 Å². The number of nitrogens with zero attached hydrogens (tertiary/aromatic N) is 2.